The average molecular weight is 428 g/mol. The fourth-order valence-electron chi connectivity index (χ4n) is 3.09. The van der Waals surface area contributed by atoms with E-state index in [1.807, 2.05) is 37.3 Å². The van der Waals surface area contributed by atoms with Gasteiger partial charge >= 0.3 is 0 Å². The lowest BCUT2D eigenvalue weighted by molar-refractivity contribution is -0.118. The molecule has 32 heavy (non-hydrogen) atoms. The lowest BCUT2D eigenvalue weighted by Crippen LogP contribution is -2.20. The summed E-state index contributed by atoms with van der Waals surface area (Å²) in [6.45, 7) is 1.75. The third-order valence-corrected chi connectivity index (χ3v) is 4.74. The number of nitrogens with zero attached hydrogens (tertiary/aromatic N) is 2. The topological polar surface area (TPSA) is 120 Å². The summed E-state index contributed by atoms with van der Waals surface area (Å²) < 4.78 is 11.2. The van der Waals surface area contributed by atoms with E-state index < -0.39 is 5.91 Å². The first-order chi connectivity index (χ1) is 15.5. The van der Waals surface area contributed by atoms with Gasteiger partial charge in [-0.2, -0.15) is 4.98 Å². The number of hydrogen-bond donors (Lipinski definition) is 2. The van der Waals surface area contributed by atoms with Crippen molar-refractivity contribution in [2.24, 2.45) is 5.73 Å². The van der Waals surface area contributed by atoms with E-state index in [-0.39, 0.29) is 12.5 Å². The number of para-hydroxylation sites is 1. The summed E-state index contributed by atoms with van der Waals surface area (Å²) in [4.78, 5) is 27.9. The number of primary amides is 1. The number of carbonyl (C=O) groups is 2. The molecule has 160 valence electrons. The van der Waals surface area contributed by atoms with Crippen LogP contribution in [0, 0.1) is 6.92 Å². The van der Waals surface area contributed by atoms with Crippen molar-refractivity contribution in [1.29, 1.82) is 0 Å². The Morgan fingerprint density at radius 3 is 2.38 bits per heavy atom. The Morgan fingerprint density at radius 2 is 1.66 bits per heavy atom. The molecule has 0 aliphatic carbocycles. The molecule has 0 fully saturated rings. The molecular formula is C24H20N4O4. The van der Waals surface area contributed by atoms with Crippen molar-refractivity contribution in [3.63, 3.8) is 0 Å². The molecule has 0 saturated carbocycles. The van der Waals surface area contributed by atoms with Crippen LogP contribution in [0.1, 0.15) is 15.9 Å². The first-order valence-electron chi connectivity index (χ1n) is 9.83. The number of nitrogens with two attached hydrogens (primary N) is 1. The molecule has 0 bridgehead atoms. The molecule has 3 aromatic carbocycles. The molecule has 3 N–H and O–H groups in total. The van der Waals surface area contributed by atoms with Crippen LogP contribution in [0.25, 0.3) is 22.8 Å². The normalized spacial score (nSPS) is 10.5. The van der Waals surface area contributed by atoms with Gasteiger partial charge in [-0.25, -0.2) is 0 Å². The van der Waals surface area contributed by atoms with E-state index in [0.29, 0.717) is 34.3 Å². The standard InChI is InChI=1S/C24H20N4O4/c1-15-6-2-3-7-18(15)23-27-24(32-28-23)19-8-4-5-9-20(19)31-14-21(29)26-17-12-10-16(11-13-17)22(25)30/h2-13H,14H2,1H3,(H2,25,30)(H,26,29). The zero-order valence-electron chi connectivity index (χ0n) is 17.2. The van der Waals surface area contributed by atoms with Gasteiger partial charge in [-0.05, 0) is 48.9 Å². The van der Waals surface area contributed by atoms with Crippen molar-refractivity contribution in [2.75, 3.05) is 11.9 Å². The smallest absolute Gasteiger partial charge is 0.262 e. The van der Waals surface area contributed by atoms with Gasteiger partial charge < -0.3 is 20.3 Å². The predicted molar refractivity (Wildman–Crippen MR) is 119 cm³/mol. The predicted octanol–water partition coefficient (Wildman–Crippen LogP) is 3.83. The highest BCUT2D eigenvalue weighted by molar-refractivity contribution is 5.95. The van der Waals surface area contributed by atoms with Crippen molar-refractivity contribution in [1.82, 2.24) is 10.1 Å². The molecular weight excluding hydrogens is 408 g/mol. The van der Waals surface area contributed by atoms with E-state index in [0.717, 1.165) is 11.1 Å². The van der Waals surface area contributed by atoms with Crippen molar-refractivity contribution < 1.29 is 18.8 Å². The lowest BCUT2D eigenvalue weighted by atomic mass is 10.1. The summed E-state index contributed by atoms with van der Waals surface area (Å²) in [7, 11) is 0. The number of rotatable bonds is 7. The van der Waals surface area contributed by atoms with Crippen LogP contribution in [0.15, 0.2) is 77.3 Å². The first kappa shape index (κ1) is 20.8. The molecule has 0 atom stereocenters. The molecule has 8 nitrogen and oxygen atoms in total. The molecule has 8 heteroatoms. The van der Waals surface area contributed by atoms with Gasteiger partial charge in [-0.1, -0.05) is 41.6 Å². The molecule has 1 heterocycles. The second-order valence-electron chi connectivity index (χ2n) is 7.01. The number of benzene rings is 3. The second kappa shape index (κ2) is 9.13. The Labute approximate surface area is 184 Å². The maximum atomic E-state index is 12.3. The maximum Gasteiger partial charge on any atom is 0.262 e. The Kier molecular flexibility index (Phi) is 5.94. The first-order valence-corrected chi connectivity index (χ1v) is 9.83. The van der Waals surface area contributed by atoms with Gasteiger partial charge in [0.25, 0.3) is 11.8 Å². The summed E-state index contributed by atoms with van der Waals surface area (Å²) >= 11 is 0. The molecule has 2 amide bonds. The highest BCUT2D eigenvalue weighted by Crippen LogP contribution is 2.30. The van der Waals surface area contributed by atoms with Crippen molar-refractivity contribution in [2.45, 2.75) is 6.92 Å². The van der Waals surface area contributed by atoms with Crippen molar-refractivity contribution >= 4 is 17.5 Å². The van der Waals surface area contributed by atoms with Gasteiger partial charge in [0.05, 0.1) is 5.56 Å². The third-order valence-electron chi connectivity index (χ3n) is 4.74. The summed E-state index contributed by atoms with van der Waals surface area (Å²) in [6, 6.07) is 21.1. The number of hydrogen-bond acceptors (Lipinski definition) is 6. The van der Waals surface area contributed by atoms with Crippen LogP contribution in [0.3, 0.4) is 0 Å². The molecule has 0 saturated heterocycles. The van der Waals surface area contributed by atoms with Gasteiger partial charge in [-0.15, -0.1) is 0 Å². The molecule has 0 aliphatic heterocycles. The summed E-state index contributed by atoms with van der Waals surface area (Å²) in [5.41, 5.74) is 8.59. The monoisotopic (exact) mass is 428 g/mol. The van der Waals surface area contributed by atoms with Crippen molar-refractivity contribution in [3.8, 4) is 28.6 Å². The molecule has 0 unspecified atom stereocenters. The Morgan fingerprint density at radius 1 is 0.969 bits per heavy atom. The fraction of sp³-hybridized carbons (Fsp3) is 0.0833. The van der Waals surface area contributed by atoms with E-state index in [1.54, 1.807) is 30.3 Å². The largest absolute Gasteiger partial charge is 0.483 e. The van der Waals surface area contributed by atoms with Crippen molar-refractivity contribution in [3.05, 3.63) is 83.9 Å². The Bertz CT molecular complexity index is 1270. The van der Waals surface area contributed by atoms with Crippen LogP contribution < -0.4 is 15.8 Å². The summed E-state index contributed by atoms with van der Waals surface area (Å²) in [5.74, 6) is 0.310. The number of aromatic nitrogens is 2. The highest BCUT2D eigenvalue weighted by Gasteiger charge is 2.16. The Hall–Kier alpha value is -4.46. The second-order valence-corrected chi connectivity index (χ2v) is 7.01. The fourth-order valence-corrected chi connectivity index (χ4v) is 3.09. The molecule has 0 spiro atoms. The number of aryl methyl sites for hydroxylation is 1. The van der Waals surface area contributed by atoms with Crippen LogP contribution in [0.5, 0.6) is 5.75 Å². The van der Waals surface area contributed by atoms with Crippen LogP contribution in [-0.4, -0.2) is 28.6 Å². The van der Waals surface area contributed by atoms with E-state index in [2.05, 4.69) is 15.5 Å². The zero-order valence-corrected chi connectivity index (χ0v) is 17.2. The van der Waals surface area contributed by atoms with E-state index in [4.69, 9.17) is 15.0 Å². The van der Waals surface area contributed by atoms with Gasteiger partial charge in [-0.3, -0.25) is 9.59 Å². The van der Waals surface area contributed by atoms with Crippen LogP contribution in [-0.2, 0) is 4.79 Å². The van der Waals surface area contributed by atoms with Gasteiger partial charge in [0.1, 0.15) is 5.75 Å². The SMILES string of the molecule is Cc1ccccc1-c1noc(-c2ccccc2OCC(=O)Nc2ccc(C(N)=O)cc2)n1. The summed E-state index contributed by atoms with van der Waals surface area (Å²) in [6.07, 6.45) is 0. The average Bonchev–Trinajstić information content (AvgIpc) is 3.28. The van der Waals surface area contributed by atoms with Gasteiger partial charge in [0.15, 0.2) is 6.61 Å². The lowest BCUT2D eigenvalue weighted by Gasteiger charge is -2.10. The number of anilines is 1. The minimum Gasteiger partial charge on any atom is -0.483 e. The minimum absolute atomic E-state index is 0.229. The molecule has 4 aromatic rings. The zero-order chi connectivity index (χ0) is 22.5. The Balaban J connectivity index is 1.45. The summed E-state index contributed by atoms with van der Waals surface area (Å²) in [5, 5.41) is 6.78. The maximum absolute atomic E-state index is 12.3. The van der Waals surface area contributed by atoms with Crippen LogP contribution in [0.4, 0.5) is 5.69 Å². The van der Waals surface area contributed by atoms with E-state index in [1.165, 1.54) is 12.1 Å². The number of ether oxygens (including phenoxy) is 1. The van der Waals surface area contributed by atoms with Crippen LogP contribution in [0.2, 0.25) is 0 Å². The quantitative estimate of drug-likeness (QED) is 0.462. The van der Waals surface area contributed by atoms with E-state index in [9.17, 15) is 9.59 Å². The number of amides is 2. The molecule has 0 radical (unpaired) electrons. The van der Waals surface area contributed by atoms with Gasteiger partial charge in [0, 0.05) is 16.8 Å². The number of nitrogens with one attached hydrogen (secondary N) is 1. The molecule has 4 rings (SSSR count). The molecule has 1 aromatic heterocycles. The van der Waals surface area contributed by atoms with Gasteiger partial charge in [0.2, 0.25) is 11.7 Å². The molecule has 0 aliphatic rings. The minimum atomic E-state index is -0.533. The van der Waals surface area contributed by atoms with Crippen LogP contribution >= 0.6 is 0 Å². The number of carbonyl (C=O) groups excluding carboxylic acids is 2. The third kappa shape index (κ3) is 4.65. The van der Waals surface area contributed by atoms with E-state index >= 15 is 0 Å². The highest BCUT2D eigenvalue weighted by atomic mass is 16.5.